The van der Waals surface area contributed by atoms with Gasteiger partial charge >= 0.3 is 5.91 Å². The molecule has 0 radical (unpaired) electrons. The Morgan fingerprint density at radius 1 is 1.32 bits per heavy atom. The fraction of sp³-hybridized carbons (Fsp3) is 0.500. The van der Waals surface area contributed by atoms with E-state index >= 15 is 0 Å². The third kappa shape index (κ3) is 3.33. The number of oxazole rings is 1. The van der Waals surface area contributed by atoms with Crippen LogP contribution in [0, 0.1) is 5.92 Å². The van der Waals surface area contributed by atoms with E-state index in [1.165, 1.54) is 5.56 Å². The highest BCUT2D eigenvalue weighted by Gasteiger charge is 2.34. The second-order valence-electron chi connectivity index (χ2n) is 7.48. The van der Waals surface area contributed by atoms with E-state index < -0.39 is 0 Å². The van der Waals surface area contributed by atoms with E-state index in [-0.39, 0.29) is 11.8 Å². The number of hydrogen-bond donors (Lipinski definition) is 0. The summed E-state index contributed by atoms with van der Waals surface area (Å²) in [6.07, 6.45) is 2.97. The SMILES string of the molecule is CC1CC(N(C)C(=O)c2nc3c(o2)CCN(Cc2ccccc2)C3)C1. The Kier molecular flexibility index (Phi) is 4.34. The number of rotatable bonds is 4. The first-order valence-electron chi connectivity index (χ1n) is 9.12. The third-order valence-electron chi connectivity index (χ3n) is 5.46. The number of aromatic nitrogens is 1. The number of nitrogens with zero attached hydrogens (tertiary/aromatic N) is 3. The van der Waals surface area contributed by atoms with E-state index in [9.17, 15) is 4.79 Å². The van der Waals surface area contributed by atoms with E-state index in [1.54, 1.807) is 4.90 Å². The van der Waals surface area contributed by atoms with Gasteiger partial charge in [-0.15, -0.1) is 0 Å². The minimum atomic E-state index is -0.0825. The van der Waals surface area contributed by atoms with Gasteiger partial charge in [0.25, 0.3) is 5.89 Å². The highest BCUT2D eigenvalue weighted by Crippen LogP contribution is 2.31. The van der Waals surface area contributed by atoms with Gasteiger partial charge in [0, 0.05) is 39.1 Å². The maximum atomic E-state index is 12.6. The van der Waals surface area contributed by atoms with Crippen LogP contribution in [0.4, 0.5) is 0 Å². The summed E-state index contributed by atoms with van der Waals surface area (Å²) < 4.78 is 5.80. The van der Waals surface area contributed by atoms with Crippen LogP contribution in [0.3, 0.4) is 0 Å². The first kappa shape index (κ1) is 16.3. The normalized spacial score (nSPS) is 23.0. The average molecular weight is 339 g/mol. The Labute approximate surface area is 148 Å². The van der Waals surface area contributed by atoms with E-state index in [4.69, 9.17) is 4.42 Å². The fourth-order valence-corrected chi connectivity index (χ4v) is 3.81. The first-order chi connectivity index (χ1) is 12.1. The fourth-order valence-electron chi connectivity index (χ4n) is 3.81. The quantitative estimate of drug-likeness (QED) is 0.859. The minimum absolute atomic E-state index is 0.0825. The highest BCUT2D eigenvalue weighted by atomic mass is 16.4. The number of carbonyl (C=O) groups excluding carboxylic acids is 1. The van der Waals surface area contributed by atoms with Gasteiger partial charge in [-0.2, -0.15) is 0 Å². The van der Waals surface area contributed by atoms with Crippen LogP contribution in [-0.2, 0) is 19.5 Å². The summed E-state index contributed by atoms with van der Waals surface area (Å²) >= 11 is 0. The van der Waals surface area contributed by atoms with Crippen molar-refractivity contribution in [1.82, 2.24) is 14.8 Å². The molecule has 1 aliphatic carbocycles. The summed E-state index contributed by atoms with van der Waals surface area (Å²) in [5.41, 5.74) is 2.21. The maximum absolute atomic E-state index is 12.6. The number of amides is 1. The monoisotopic (exact) mass is 339 g/mol. The molecule has 1 aromatic heterocycles. The summed E-state index contributed by atoms with van der Waals surface area (Å²) in [6.45, 7) is 4.79. The predicted molar refractivity (Wildman–Crippen MR) is 95.0 cm³/mol. The van der Waals surface area contributed by atoms with Gasteiger partial charge in [0.05, 0.1) is 5.69 Å². The molecule has 0 bridgehead atoms. The molecule has 1 saturated carbocycles. The van der Waals surface area contributed by atoms with Crippen LogP contribution in [0.2, 0.25) is 0 Å². The lowest BCUT2D eigenvalue weighted by Gasteiger charge is -2.38. The number of carbonyl (C=O) groups is 1. The minimum Gasteiger partial charge on any atom is -0.437 e. The summed E-state index contributed by atoms with van der Waals surface area (Å²) in [5.74, 6) is 1.77. The van der Waals surface area contributed by atoms with Crippen molar-refractivity contribution in [2.45, 2.75) is 45.3 Å². The molecule has 0 N–H and O–H groups in total. The Balaban J connectivity index is 1.42. The zero-order chi connectivity index (χ0) is 17.4. The van der Waals surface area contributed by atoms with Gasteiger partial charge in [-0.1, -0.05) is 37.3 Å². The zero-order valence-corrected chi connectivity index (χ0v) is 14.9. The van der Waals surface area contributed by atoms with Crippen molar-refractivity contribution in [3.8, 4) is 0 Å². The second-order valence-corrected chi connectivity index (χ2v) is 7.48. The van der Waals surface area contributed by atoms with Crippen molar-refractivity contribution in [3.63, 3.8) is 0 Å². The van der Waals surface area contributed by atoms with Crippen molar-refractivity contribution < 1.29 is 9.21 Å². The molecule has 0 unspecified atom stereocenters. The van der Waals surface area contributed by atoms with E-state index in [0.717, 1.165) is 50.4 Å². The summed E-state index contributed by atoms with van der Waals surface area (Å²) in [4.78, 5) is 21.3. The second kappa shape index (κ2) is 6.64. The summed E-state index contributed by atoms with van der Waals surface area (Å²) in [7, 11) is 1.86. The molecule has 2 heterocycles. The highest BCUT2D eigenvalue weighted by molar-refractivity contribution is 5.89. The van der Waals surface area contributed by atoms with Crippen molar-refractivity contribution in [2.24, 2.45) is 5.92 Å². The molecular formula is C20H25N3O2. The molecule has 4 rings (SSSR count). The standard InChI is InChI=1S/C20H25N3O2/c1-14-10-16(11-14)22(2)20(24)19-21-17-13-23(9-8-18(17)25-19)12-15-6-4-3-5-7-15/h3-7,14,16H,8-13H2,1-2H3. The molecule has 1 amide bonds. The molecule has 0 spiro atoms. The Morgan fingerprint density at radius 2 is 2.08 bits per heavy atom. The molecule has 1 aliphatic heterocycles. The predicted octanol–water partition coefficient (Wildman–Crippen LogP) is 3.10. The molecule has 5 nitrogen and oxygen atoms in total. The van der Waals surface area contributed by atoms with E-state index in [2.05, 4.69) is 41.1 Å². The van der Waals surface area contributed by atoms with Crippen LogP contribution in [0.1, 0.15) is 47.5 Å². The Morgan fingerprint density at radius 3 is 2.80 bits per heavy atom. The van der Waals surface area contributed by atoms with Crippen LogP contribution >= 0.6 is 0 Å². The summed E-state index contributed by atoms with van der Waals surface area (Å²) in [5, 5.41) is 0. The van der Waals surface area contributed by atoms with Crippen molar-refractivity contribution >= 4 is 5.91 Å². The lowest BCUT2D eigenvalue weighted by Crippen LogP contribution is -2.44. The largest absolute Gasteiger partial charge is 0.437 e. The summed E-state index contributed by atoms with van der Waals surface area (Å²) in [6, 6.07) is 10.8. The van der Waals surface area contributed by atoms with Crippen molar-refractivity contribution in [2.75, 3.05) is 13.6 Å². The number of hydrogen-bond acceptors (Lipinski definition) is 4. The molecule has 1 fully saturated rings. The number of benzene rings is 1. The van der Waals surface area contributed by atoms with Gasteiger partial charge in [0.2, 0.25) is 0 Å². The molecule has 0 atom stereocenters. The topological polar surface area (TPSA) is 49.6 Å². The molecule has 0 saturated heterocycles. The molecule has 5 heteroatoms. The first-order valence-corrected chi connectivity index (χ1v) is 9.12. The van der Waals surface area contributed by atoms with Crippen molar-refractivity contribution in [1.29, 1.82) is 0 Å². The molecule has 2 aromatic rings. The molecule has 25 heavy (non-hydrogen) atoms. The maximum Gasteiger partial charge on any atom is 0.309 e. The lowest BCUT2D eigenvalue weighted by atomic mass is 9.81. The van der Waals surface area contributed by atoms with Crippen LogP contribution in [0.15, 0.2) is 34.7 Å². The average Bonchev–Trinajstić information content (AvgIpc) is 3.02. The smallest absolute Gasteiger partial charge is 0.309 e. The van der Waals surface area contributed by atoms with Crippen LogP contribution < -0.4 is 0 Å². The van der Waals surface area contributed by atoms with Crippen LogP contribution in [-0.4, -0.2) is 40.3 Å². The van der Waals surface area contributed by atoms with Crippen LogP contribution in [0.25, 0.3) is 0 Å². The van der Waals surface area contributed by atoms with Gasteiger partial charge in [-0.05, 0) is 24.3 Å². The van der Waals surface area contributed by atoms with E-state index in [0.29, 0.717) is 12.0 Å². The van der Waals surface area contributed by atoms with Gasteiger partial charge in [-0.25, -0.2) is 4.98 Å². The third-order valence-corrected chi connectivity index (χ3v) is 5.46. The lowest BCUT2D eigenvalue weighted by molar-refractivity contribution is 0.0531. The molecular weight excluding hydrogens is 314 g/mol. The number of fused-ring (bicyclic) bond motifs is 1. The molecule has 2 aliphatic rings. The van der Waals surface area contributed by atoms with Gasteiger partial charge in [0.1, 0.15) is 5.76 Å². The van der Waals surface area contributed by atoms with Gasteiger partial charge in [0.15, 0.2) is 0 Å². The van der Waals surface area contributed by atoms with Crippen molar-refractivity contribution in [3.05, 3.63) is 53.2 Å². The van der Waals surface area contributed by atoms with Gasteiger partial charge in [-0.3, -0.25) is 9.69 Å². The van der Waals surface area contributed by atoms with Gasteiger partial charge < -0.3 is 9.32 Å². The Hall–Kier alpha value is -2.14. The zero-order valence-electron chi connectivity index (χ0n) is 14.9. The Bertz CT molecular complexity index is 750. The molecule has 132 valence electrons. The van der Waals surface area contributed by atoms with E-state index in [1.807, 2.05) is 13.1 Å². The van der Waals surface area contributed by atoms with Crippen LogP contribution in [0.5, 0.6) is 0 Å². The molecule has 1 aromatic carbocycles.